The quantitative estimate of drug-likeness (QED) is 0.845. The van der Waals surface area contributed by atoms with E-state index in [1.54, 1.807) is 6.33 Å². The van der Waals surface area contributed by atoms with Crippen molar-refractivity contribution < 1.29 is 0 Å². The second-order valence-electron chi connectivity index (χ2n) is 7.40. The van der Waals surface area contributed by atoms with E-state index in [2.05, 4.69) is 70.7 Å². The number of nitrogen functional groups attached to an aromatic ring is 1. The molecule has 146 valence electrons. The molecule has 0 unspecified atom stereocenters. The molecule has 0 radical (unpaired) electrons. The highest BCUT2D eigenvalue weighted by Gasteiger charge is 2.23. The van der Waals surface area contributed by atoms with Gasteiger partial charge in [-0.15, -0.1) is 0 Å². The van der Waals surface area contributed by atoms with Gasteiger partial charge in [0.1, 0.15) is 12.0 Å². The summed E-state index contributed by atoms with van der Waals surface area (Å²) in [5, 5.41) is 0. The topological polar surface area (TPSA) is 61.5 Å². The number of benzene rings is 1. The normalized spacial score (nSPS) is 14.5. The van der Waals surface area contributed by atoms with Gasteiger partial charge >= 0.3 is 0 Å². The number of unbranched alkanes of at least 4 members (excludes halogenated alkanes) is 1. The van der Waals surface area contributed by atoms with Gasteiger partial charge in [0.05, 0.1) is 0 Å². The third kappa shape index (κ3) is 4.10. The Hall–Kier alpha value is -2.50. The van der Waals surface area contributed by atoms with Crippen LogP contribution in [0.3, 0.4) is 0 Å². The van der Waals surface area contributed by atoms with Crippen molar-refractivity contribution in [3.63, 3.8) is 0 Å². The Morgan fingerprint density at radius 2 is 1.78 bits per heavy atom. The average Bonchev–Trinajstić information content (AvgIpc) is 2.68. The van der Waals surface area contributed by atoms with E-state index in [-0.39, 0.29) is 0 Å². The Balaban J connectivity index is 1.72. The Bertz CT molecular complexity index is 767. The summed E-state index contributed by atoms with van der Waals surface area (Å²) in [6, 6.07) is 6.54. The highest BCUT2D eigenvalue weighted by atomic mass is 15.3. The van der Waals surface area contributed by atoms with E-state index in [0.29, 0.717) is 5.69 Å². The fraction of sp³-hybridized carbons (Fsp3) is 0.524. The zero-order chi connectivity index (χ0) is 19.4. The minimum absolute atomic E-state index is 0.691. The van der Waals surface area contributed by atoms with Crippen molar-refractivity contribution in [2.24, 2.45) is 0 Å². The fourth-order valence-electron chi connectivity index (χ4n) is 3.67. The molecule has 1 aliphatic rings. The van der Waals surface area contributed by atoms with E-state index in [9.17, 15) is 0 Å². The highest BCUT2D eigenvalue weighted by Crippen LogP contribution is 2.30. The van der Waals surface area contributed by atoms with Crippen LogP contribution in [0.1, 0.15) is 30.9 Å². The molecule has 1 aromatic heterocycles. The lowest BCUT2D eigenvalue weighted by molar-refractivity contribution is 0.646. The number of piperazine rings is 1. The number of anilines is 4. The first-order valence-corrected chi connectivity index (χ1v) is 9.90. The second kappa shape index (κ2) is 8.46. The van der Waals surface area contributed by atoms with Crippen LogP contribution >= 0.6 is 0 Å². The first kappa shape index (κ1) is 19.3. The largest absolute Gasteiger partial charge is 0.393 e. The lowest BCUT2D eigenvalue weighted by atomic mass is 10.1. The first-order chi connectivity index (χ1) is 13.0. The minimum Gasteiger partial charge on any atom is -0.393 e. The number of hydrogen-bond acceptors (Lipinski definition) is 6. The predicted octanol–water partition coefficient (Wildman–Crippen LogP) is 3.24. The first-order valence-electron chi connectivity index (χ1n) is 9.90. The van der Waals surface area contributed by atoms with E-state index in [1.165, 1.54) is 16.8 Å². The van der Waals surface area contributed by atoms with Crippen LogP contribution in [0.5, 0.6) is 0 Å². The summed E-state index contributed by atoms with van der Waals surface area (Å²) in [6.45, 7) is 11.3. The van der Waals surface area contributed by atoms with Crippen LogP contribution in [0.25, 0.3) is 0 Å². The second-order valence-corrected chi connectivity index (χ2v) is 7.40. The van der Waals surface area contributed by atoms with Gasteiger partial charge in [0.25, 0.3) is 0 Å². The maximum atomic E-state index is 6.45. The Morgan fingerprint density at radius 3 is 2.48 bits per heavy atom. The molecule has 0 spiro atoms. The number of aromatic nitrogens is 2. The molecule has 2 aromatic rings. The van der Waals surface area contributed by atoms with Crippen molar-refractivity contribution >= 4 is 23.0 Å². The molecule has 3 rings (SSSR count). The van der Waals surface area contributed by atoms with Crippen LogP contribution in [-0.2, 0) is 0 Å². The highest BCUT2D eigenvalue weighted by molar-refractivity contribution is 5.76. The van der Waals surface area contributed by atoms with Crippen LogP contribution in [0.2, 0.25) is 0 Å². The molecule has 6 nitrogen and oxygen atoms in total. The number of aryl methyl sites for hydroxylation is 1. The summed E-state index contributed by atoms with van der Waals surface area (Å²) in [7, 11) is 2.05. The molecule has 0 aliphatic carbocycles. The van der Waals surface area contributed by atoms with Crippen molar-refractivity contribution in [1.82, 2.24) is 9.97 Å². The van der Waals surface area contributed by atoms with Gasteiger partial charge < -0.3 is 20.4 Å². The van der Waals surface area contributed by atoms with E-state index in [1.807, 2.05) is 0 Å². The Kier molecular flexibility index (Phi) is 6.04. The zero-order valence-corrected chi connectivity index (χ0v) is 17.1. The summed E-state index contributed by atoms with van der Waals surface area (Å²) < 4.78 is 0. The summed E-state index contributed by atoms with van der Waals surface area (Å²) in [6.07, 6.45) is 3.92. The van der Waals surface area contributed by atoms with Crippen LogP contribution in [0.4, 0.5) is 23.0 Å². The molecule has 1 fully saturated rings. The summed E-state index contributed by atoms with van der Waals surface area (Å²) in [4.78, 5) is 15.8. The van der Waals surface area contributed by atoms with Gasteiger partial charge in [-0.1, -0.05) is 25.5 Å². The summed E-state index contributed by atoms with van der Waals surface area (Å²) in [5.41, 5.74) is 11.2. The van der Waals surface area contributed by atoms with Crippen molar-refractivity contribution in [3.8, 4) is 0 Å². The van der Waals surface area contributed by atoms with Crippen LogP contribution in [-0.4, -0.2) is 49.7 Å². The van der Waals surface area contributed by atoms with E-state index >= 15 is 0 Å². The summed E-state index contributed by atoms with van der Waals surface area (Å²) >= 11 is 0. The van der Waals surface area contributed by atoms with Gasteiger partial charge in [-0.2, -0.15) is 0 Å². The molecule has 1 aliphatic heterocycles. The monoisotopic (exact) mass is 368 g/mol. The van der Waals surface area contributed by atoms with Gasteiger partial charge in [-0.25, -0.2) is 9.97 Å². The van der Waals surface area contributed by atoms with Gasteiger partial charge in [0.2, 0.25) is 0 Å². The smallest absolute Gasteiger partial charge is 0.157 e. The number of nitrogens with zero attached hydrogens (tertiary/aromatic N) is 5. The SMILES string of the molecule is CCCCN(C)c1ncnc(N2CCN(c3cccc(C)c3C)CC2)c1N. The van der Waals surface area contributed by atoms with Crippen LogP contribution in [0.15, 0.2) is 24.5 Å². The third-order valence-corrected chi connectivity index (χ3v) is 5.55. The molecule has 2 heterocycles. The molecule has 0 saturated carbocycles. The average molecular weight is 369 g/mol. The minimum atomic E-state index is 0.691. The van der Waals surface area contributed by atoms with Crippen molar-refractivity contribution in [1.29, 1.82) is 0 Å². The van der Waals surface area contributed by atoms with Crippen molar-refractivity contribution in [3.05, 3.63) is 35.7 Å². The maximum absolute atomic E-state index is 6.45. The lowest BCUT2D eigenvalue weighted by Gasteiger charge is -2.38. The molecule has 0 bridgehead atoms. The van der Waals surface area contributed by atoms with Crippen molar-refractivity contribution in [2.45, 2.75) is 33.6 Å². The number of hydrogen-bond donors (Lipinski definition) is 1. The van der Waals surface area contributed by atoms with Gasteiger partial charge in [-0.05, 0) is 37.5 Å². The van der Waals surface area contributed by atoms with Gasteiger partial charge in [0.15, 0.2) is 11.6 Å². The Labute approximate surface area is 163 Å². The molecule has 0 atom stereocenters. The standard InChI is InChI=1S/C21H32N6/c1-5-6-10-25(4)20-19(22)21(24-15-23-20)27-13-11-26(12-14-27)18-9-7-8-16(2)17(18)3/h7-9,15H,5-6,10-14,22H2,1-4H3. The number of nitrogens with two attached hydrogens (primary N) is 1. The maximum Gasteiger partial charge on any atom is 0.157 e. The molecular formula is C21H32N6. The van der Waals surface area contributed by atoms with Crippen LogP contribution in [0, 0.1) is 13.8 Å². The molecule has 6 heteroatoms. The number of rotatable bonds is 6. The lowest BCUT2D eigenvalue weighted by Crippen LogP contribution is -2.47. The van der Waals surface area contributed by atoms with Gasteiger partial charge in [-0.3, -0.25) is 0 Å². The third-order valence-electron chi connectivity index (χ3n) is 5.55. The molecule has 0 amide bonds. The van der Waals surface area contributed by atoms with E-state index in [4.69, 9.17) is 5.73 Å². The molecule has 27 heavy (non-hydrogen) atoms. The molecule has 2 N–H and O–H groups in total. The van der Waals surface area contributed by atoms with Crippen LogP contribution < -0.4 is 20.4 Å². The Morgan fingerprint density at radius 1 is 1.07 bits per heavy atom. The summed E-state index contributed by atoms with van der Waals surface area (Å²) in [5.74, 6) is 1.70. The van der Waals surface area contributed by atoms with E-state index < -0.39 is 0 Å². The molecule has 1 aromatic carbocycles. The molecule has 1 saturated heterocycles. The zero-order valence-electron chi connectivity index (χ0n) is 17.1. The van der Waals surface area contributed by atoms with Crippen molar-refractivity contribution in [2.75, 3.05) is 60.2 Å². The van der Waals surface area contributed by atoms with Gasteiger partial charge in [0, 0.05) is 45.5 Å². The molecular weight excluding hydrogens is 336 g/mol. The van der Waals surface area contributed by atoms with E-state index in [0.717, 1.165) is 57.2 Å². The fourth-order valence-corrected chi connectivity index (χ4v) is 3.67. The predicted molar refractivity (Wildman–Crippen MR) is 115 cm³/mol.